The number of benzene rings is 2. The van der Waals surface area contributed by atoms with Crippen LogP contribution >= 0.6 is 18.5 Å². The van der Waals surface area contributed by atoms with Gasteiger partial charge in [0, 0.05) is 10.3 Å². The summed E-state index contributed by atoms with van der Waals surface area (Å²) in [6.45, 7) is 43.9. The van der Waals surface area contributed by atoms with Gasteiger partial charge in [0.05, 0.1) is 0 Å². The van der Waals surface area contributed by atoms with E-state index in [1.165, 1.54) is 59.1 Å². The van der Waals surface area contributed by atoms with Crippen LogP contribution in [0.2, 0.25) is 0 Å². The van der Waals surface area contributed by atoms with Crippen molar-refractivity contribution in [3.8, 4) is 0 Å². The second-order valence-corrected chi connectivity index (χ2v) is 24.1. The van der Waals surface area contributed by atoms with Crippen molar-refractivity contribution in [3.05, 3.63) is 79.9 Å². The summed E-state index contributed by atoms with van der Waals surface area (Å²) in [5, 5.41) is -0.441. The predicted octanol–water partition coefficient (Wildman–Crippen LogP) is 13.4. The highest BCUT2D eigenvalue weighted by molar-refractivity contribution is 7.25. The van der Waals surface area contributed by atoms with E-state index in [4.69, 9.17) is 0 Å². The fourth-order valence-corrected chi connectivity index (χ4v) is 10.6. The zero-order chi connectivity index (χ0) is 36.6. The highest BCUT2D eigenvalue weighted by Gasteiger charge is 2.68. The standard InChI is InChI=1S/C46H72P2/c1-39(2,3)29-23-31(41(7,8)9)37(32(24-29)42(10,11)12)45(47)35(27-19-20-27)36(28-21-22-28)46(45,48)38-33(43(13,14)15)25-30(40(4,5)6)26-34(38)44(16,17)18/h23-28H,19-22,47-48H2,1-18H3. The van der Waals surface area contributed by atoms with Gasteiger partial charge < -0.3 is 0 Å². The van der Waals surface area contributed by atoms with Gasteiger partial charge in [-0.2, -0.15) is 0 Å². The van der Waals surface area contributed by atoms with Crippen molar-refractivity contribution in [1.82, 2.24) is 0 Å². The summed E-state index contributed by atoms with van der Waals surface area (Å²) in [7, 11) is 7.39. The number of allylic oxidation sites excluding steroid dienone is 2. The molecule has 0 saturated heterocycles. The molecule has 0 N–H and O–H groups in total. The highest BCUT2D eigenvalue weighted by atomic mass is 31.0. The molecule has 0 radical (unpaired) electrons. The average Bonchev–Trinajstić information content (AvgIpc) is 3.81. The van der Waals surface area contributed by atoms with E-state index in [1.54, 1.807) is 22.3 Å². The second-order valence-electron chi connectivity index (χ2n) is 22.4. The first kappa shape index (κ1) is 38.3. The van der Waals surface area contributed by atoms with Gasteiger partial charge in [-0.15, -0.1) is 18.5 Å². The van der Waals surface area contributed by atoms with Crippen LogP contribution in [0.5, 0.6) is 0 Å². The lowest BCUT2D eigenvalue weighted by Crippen LogP contribution is -2.57. The molecule has 0 aliphatic heterocycles. The first-order valence-electron chi connectivity index (χ1n) is 19.1. The Labute approximate surface area is 302 Å². The lowest BCUT2D eigenvalue weighted by molar-refractivity contribution is 0.391. The van der Waals surface area contributed by atoms with Crippen molar-refractivity contribution >= 4 is 18.5 Å². The molecule has 0 amide bonds. The summed E-state index contributed by atoms with van der Waals surface area (Å²) in [4.78, 5) is 0. The monoisotopic (exact) mass is 687 g/mol. The maximum absolute atomic E-state index is 3.70. The third-order valence-corrected chi connectivity index (χ3v) is 14.2. The van der Waals surface area contributed by atoms with Crippen molar-refractivity contribution in [2.45, 2.75) is 193 Å². The summed E-state index contributed by atoms with van der Waals surface area (Å²) in [5.41, 5.74) is 15.9. The normalized spacial score (nSPS) is 24.7. The summed E-state index contributed by atoms with van der Waals surface area (Å²) >= 11 is 0. The van der Waals surface area contributed by atoms with Crippen molar-refractivity contribution in [1.29, 1.82) is 0 Å². The number of hydrogen-bond donors (Lipinski definition) is 0. The van der Waals surface area contributed by atoms with Gasteiger partial charge >= 0.3 is 0 Å². The lowest BCUT2D eigenvalue weighted by Gasteiger charge is -2.63. The van der Waals surface area contributed by atoms with Gasteiger partial charge in [0.1, 0.15) is 0 Å². The van der Waals surface area contributed by atoms with E-state index < -0.39 is 0 Å². The molecule has 0 nitrogen and oxygen atoms in total. The molecule has 48 heavy (non-hydrogen) atoms. The van der Waals surface area contributed by atoms with Crippen LogP contribution in [0.1, 0.15) is 195 Å². The molecule has 0 aromatic heterocycles. The van der Waals surface area contributed by atoms with Gasteiger partial charge in [-0.05, 0) is 115 Å². The van der Waals surface area contributed by atoms with Crippen molar-refractivity contribution in [2.24, 2.45) is 11.8 Å². The quantitative estimate of drug-likeness (QED) is 0.222. The van der Waals surface area contributed by atoms with E-state index in [0.29, 0.717) is 11.8 Å². The fourth-order valence-electron chi connectivity index (χ4n) is 8.64. The van der Waals surface area contributed by atoms with E-state index in [2.05, 4.69) is 167 Å². The molecule has 4 atom stereocenters. The Morgan fingerprint density at radius 2 is 0.604 bits per heavy atom. The fraction of sp³-hybridized carbons (Fsp3) is 0.696. The first-order chi connectivity index (χ1) is 21.4. The van der Waals surface area contributed by atoms with Gasteiger partial charge in [-0.1, -0.05) is 160 Å². The summed E-state index contributed by atoms with van der Waals surface area (Å²) < 4.78 is 0. The molecule has 0 heterocycles. The number of hydrogen-bond acceptors (Lipinski definition) is 0. The van der Waals surface area contributed by atoms with Gasteiger partial charge in [-0.3, -0.25) is 0 Å². The summed E-state index contributed by atoms with van der Waals surface area (Å²) in [6.07, 6.45) is 5.33. The van der Waals surface area contributed by atoms with Crippen LogP contribution in [0.3, 0.4) is 0 Å². The van der Waals surface area contributed by atoms with Gasteiger partial charge in [-0.25, -0.2) is 0 Å². The minimum Gasteiger partial charge on any atom is -0.120 e. The molecule has 2 aromatic rings. The second kappa shape index (κ2) is 11.3. The molecule has 2 saturated carbocycles. The van der Waals surface area contributed by atoms with E-state index >= 15 is 0 Å². The van der Waals surface area contributed by atoms with Gasteiger partial charge in [0.25, 0.3) is 0 Å². The summed E-state index contributed by atoms with van der Waals surface area (Å²) in [6, 6.07) is 10.5. The molecule has 2 heteroatoms. The SMILES string of the molecule is CC(C)(C)c1cc(C(C)(C)C)c(C2(P)C(C3CC3)=C(C3CC3)C2(P)c2c(C(C)(C)C)cc(C(C)(C)C)cc2C(C)(C)C)c(C(C)(C)C)c1. The predicted molar refractivity (Wildman–Crippen MR) is 220 cm³/mol. The molecule has 2 aromatic carbocycles. The van der Waals surface area contributed by atoms with Crippen LogP contribution in [-0.4, -0.2) is 0 Å². The van der Waals surface area contributed by atoms with Crippen LogP contribution in [0.15, 0.2) is 35.4 Å². The molecule has 3 aliphatic rings. The third kappa shape index (κ3) is 6.27. The Balaban J connectivity index is 2.06. The minimum atomic E-state index is -0.221. The maximum Gasteiger partial charge on any atom is 0.0483 e. The van der Waals surface area contributed by atoms with Crippen molar-refractivity contribution in [3.63, 3.8) is 0 Å². The first-order valence-corrected chi connectivity index (χ1v) is 20.3. The van der Waals surface area contributed by atoms with Crippen LogP contribution < -0.4 is 0 Å². The molecule has 4 unspecified atom stereocenters. The number of rotatable bonds is 4. The Kier molecular flexibility index (Phi) is 8.99. The van der Waals surface area contributed by atoms with E-state index in [9.17, 15) is 0 Å². The summed E-state index contributed by atoms with van der Waals surface area (Å²) in [5.74, 6) is 1.39. The van der Waals surface area contributed by atoms with Gasteiger partial charge in [0.15, 0.2) is 0 Å². The smallest absolute Gasteiger partial charge is 0.0483 e. The average molecular weight is 687 g/mol. The van der Waals surface area contributed by atoms with Crippen LogP contribution in [-0.2, 0) is 42.8 Å². The minimum absolute atomic E-state index is 0.00839. The highest BCUT2D eigenvalue weighted by Crippen LogP contribution is 2.79. The van der Waals surface area contributed by atoms with Crippen LogP contribution in [0.25, 0.3) is 0 Å². The van der Waals surface area contributed by atoms with Gasteiger partial charge in [0.2, 0.25) is 0 Å². The molecular weight excluding hydrogens is 614 g/mol. The molecule has 0 bridgehead atoms. The lowest BCUT2D eigenvalue weighted by atomic mass is 9.51. The van der Waals surface area contributed by atoms with Crippen LogP contribution in [0.4, 0.5) is 0 Å². The Bertz CT molecular complexity index is 1440. The molecule has 5 rings (SSSR count). The molecule has 266 valence electrons. The zero-order valence-corrected chi connectivity index (χ0v) is 36.8. The topological polar surface area (TPSA) is 0 Å². The van der Waals surface area contributed by atoms with E-state index in [0.717, 1.165) is 0 Å². The van der Waals surface area contributed by atoms with Crippen molar-refractivity contribution in [2.75, 3.05) is 0 Å². The van der Waals surface area contributed by atoms with E-state index in [1.807, 2.05) is 0 Å². The van der Waals surface area contributed by atoms with Crippen LogP contribution in [0, 0.1) is 11.8 Å². The Morgan fingerprint density at radius 1 is 0.396 bits per heavy atom. The Hall–Kier alpha value is -0.960. The molecule has 3 aliphatic carbocycles. The third-order valence-electron chi connectivity index (χ3n) is 11.8. The van der Waals surface area contributed by atoms with E-state index in [-0.39, 0.29) is 42.8 Å². The van der Waals surface area contributed by atoms with Crippen molar-refractivity contribution < 1.29 is 0 Å². The molecular formula is C46H72P2. The zero-order valence-electron chi connectivity index (χ0n) is 34.4. The molecule has 0 spiro atoms. The molecule has 2 fully saturated rings. The largest absolute Gasteiger partial charge is 0.120 e. The Morgan fingerprint density at radius 3 is 0.750 bits per heavy atom. The maximum atomic E-state index is 3.70.